The highest BCUT2D eigenvalue weighted by Gasteiger charge is 2.11. The Morgan fingerprint density at radius 1 is 1.38 bits per heavy atom. The summed E-state index contributed by atoms with van der Waals surface area (Å²) in [5.41, 5.74) is 0.990. The van der Waals surface area contributed by atoms with Gasteiger partial charge in [-0.3, -0.25) is 14.5 Å². The molecule has 0 aliphatic rings. The molecule has 0 unspecified atom stereocenters. The first-order valence-electron chi connectivity index (χ1n) is 7.45. The molecule has 0 saturated heterocycles. The van der Waals surface area contributed by atoms with Crippen LogP contribution >= 0.6 is 0 Å². The van der Waals surface area contributed by atoms with Crippen LogP contribution in [0, 0.1) is 17.0 Å². The molecule has 0 amide bonds. The highest BCUT2D eigenvalue weighted by atomic mass is 16.6. The first kappa shape index (κ1) is 15.7. The minimum absolute atomic E-state index is 0.00296. The Morgan fingerprint density at radius 2 is 2.21 bits per heavy atom. The summed E-state index contributed by atoms with van der Waals surface area (Å²) in [6, 6.07) is 7.02. The Hall–Kier alpha value is -3.23. The van der Waals surface area contributed by atoms with E-state index in [-0.39, 0.29) is 11.4 Å². The second kappa shape index (κ2) is 6.49. The SMILES string of the molecule is Cc1cc(NCCCn2nc3ccccn3c2=O)ncc1[N+](=O)[O-]. The van der Waals surface area contributed by atoms with Crippen LogP contribution in [0.2, 0.25) is 0 Å². The van der Waals surface area contributed by atoms with Gasteiger partial charge >= 0.3 is 5.69 Å². The van der Waals surface area contributed by atoms with Gasteiger partial charge in [0.15, 0.2) is 5.65 Å². The molecule has 0 aliphatic heterocycles. The molecule has 3 aromatic heterocycles. The van der Waals surface area contributed by atoms with Crippen molar-refractivity contribution in [3.63, 3.8) is 0 Å². The van der Waals surface area contributed by atoms with Crippen LogP contribution in [0.25, 0.3) is 5.65 Å². The molecule has 124 valence electrons. The smallest absolute Gasteiger partial charge is 0.350 e. The lowest BCUT2D eigenvalue weighted by Gasteiger charge is -2.06. The third kappa shape index (κ3) is 3.09. The zero-order valence-corrected chi connectivity index (χ0v) is 13.0. The van der Waals surface area contributed by atoms with E-state index >= 15 is 0 Å². The van der Waals surface area contributed by atoms with Crippen LogP contribution in [-0.2, 0) is 6.54 Å². The second-order valence-electron chi connectivity index (χ2n) is 5.33. The molecule has 0 spiro atoms. The first-order chi connectivity index (χ1) is 11.6. The van der Waals surface area contributed by atoms with Crippen LogP contribution in [-0.4, -0.2) is 30.6 Å². The van der Waals surface area contributed by atoms with E-state index in [0.29, 0.717) is 36.5 Å². The fraction of sp³-hybridized carbons (Fsp3) is 0.267. The zero-order valence-electron chi connectivity index (χ0n) is 13.0. The monoisotopic (exact) mass is 328 g/mol. The average Bonchev–Trinajstić information content (AvgIpc) is 2.88. The van der Waals surface area contributed by atoms with Gasteiger partial charge in [0.05, 0.1) is 4.92 Å². The summed E-state index contributed by atoms with van der Waals surface area (Å²) in [5, 5.41) is 18.1. The molecule has 0 bridgehead atoms. The van der Waals surface area contributed by atoms with Crippen LogP contribution in [0.1, 0.15) is 12.0 Å². The summed E-state index contributed by atoms with van der Waals surface area (Å²) in [6.07, 6.45) is 3.59. The van der Waals surface area contributed by atoms with E-state index in [2.05, 4.69) is 15.4 Å². The minimum atomic E-state index is -0.456. The van der Waals surface area contributed by atoms with Crippen molar-refractivity contribution >= 4 is 17.2 Å². The fourth-order valence-electron chi connectivity index (χ4n) is 2.40. The zero-order chi connectivity index (χ0) is 17.1. The van der Waals surface area contributed by atoms with E-state index < -0.39 is 4.92 Å². The standard InChI is InChI=1S/C15H16N6O3/c1-11-9-13(17-10-12(11)21(23)24)16-6-4-8-20-15(22)19-7-3-2-5-14(19)18-20/h2-3,5,7,9-10H,4,6,8H2,1H3,(H,16,17). The maximum atomic E-state index is 12.1. The molecule has 0 radical (unpaired) electrons. The topological polar surface area (TPSA) is 107 Å². The van der Waals surface area contributed by atoms with Gasteiger partial charge in [0.1, 0.15) is 12.0 Å². The maximum absolute atomic E-state index is 12.1. The van der Waals surface area contributed by atoms with Crippen molar-refractivity contribution in [1.29, 1.82) is 0 Å². The lowest BCUT2D eigenvalue weighted by molar-refractivity contribution is -0.385. The van der Waals surface area contributed by atoms with Crippen molar-refractivity contribution < 1.29 is 4.92 Å². The van der Waals surface area contributed by atoms with Gasteiger partial charge in [0.25, 0.3) is 5.69 Å². The summed E-state index contributed by atoms with van der Waals surface area (Å²) >= 11 is 0. The number of aryl methyl sites for hydroxylation is 2. The van der Waals surface area contributed by atoms with Crippen LogP contribution in [0.4, 0.5) is 11.5 Å². The Bertz CT molecular complexity index is 946. The Morgan fingerprint density at radius 3 is 2.92 bits per heavy atom. The third-order valence-electron chi connectivity index (χ3n) is 3.62. The molecule has 0 atom stereocenters. The van der Waals surface area contributed by atoms with E-state index in [9.17, 15) is 14.9 Å². The van der Waals surface area contributed by atoms with Crippen LogP contribution in [0.3, 0.4) is 0 Å². The number of aromatic nitrogens is 4. The number of anilines is 1. The maximum Gasteiger partial charge on any atom is 0.350 e. The molecule has 0 aromatic carbocycles. The summed E-state index contributed by atoms with van der Waals surface area (Å²) in [7, 11) is 0. The van der Waals surface area contributed by atoms with Crippen LogP contribution < -0.4 is 11.0 Å². The van der Waals surface area contributed by atoms with Crippen molar-refractivity contribution in [2.45, 2.75) is 19.9 Å². The number of hydrogen-bond donors (Lipinski definition) is 1. The number of nitrogens with one attached hydrogen (secondary N) is 1. The summed E-state index contributed by atoms with van der Waals surface area (Å²) in [6.45, 7) is 2.71. The van der Waals surface area contributed by atoms with Gasteiger partial charge in [-0.15, -0.1) is 5.10 Å². The van der Waals surface area contributed by atoms with Crippen molar-refractivity contribution in [2.24, 2.45) is 0 Å². The number of rotatable bonds is 6. The highest BCUT2D eigenvalue weighted by molar-refractivity contribution is 5.46. The third-order valence-corrected chi connectivity index (χ3v) is 3.62. The van der Waals surface area contributed by atoms with E-state index in [1.54, 1.807) is 31.3 Å². The summed E-state index contributed by atoms with van der Waals surface area (Å²) in [4.78, 5) is 26.4. The van der Waals surface area contributed by atoms with E-state index in [0.717, 1.165) is 0 Å². The molecule has 3 rings (SSSR count). The van der Waals surface area contributed by atoms with Crippen LogP contribution in [0.5, 0.6) is 0 Å². The summed E-state index contributed by atoms with van der Waals surface area (Å²) in [5.74, 6) is 0.570. The molecular formula is C15H16N6O3. The fourth-order valence-corrected chi connectivity index (χ4v) is 2.40. The predicted molar refractivity (Wildman–Crippen MR) is 88.2 cm³/mol. The number of pyridine rings is 2. The van der Waals surface area contributed by atoms with E-state index in [1.165, 1.54) is 15.3 Å². The number of nitro groups is 1. The second-order valence-corrected chi connectivity index (χ2v) is 5.33. The van der Waals surface area contributed by atoms with Crippen molar-refractivity contribution in [3.05, 3.63) is 62.8 Å². The molecule has 0 saturated carbocycles. The molecule has 1 N–H and O–H groups in total. The molecular weight excluding hydrogens is 312 g/mol. The van der Waals surface area contributed by atoms with Gasteiger partial charge in [-0.05, 0) is 31.5 Å². The number of fused-ring (bicyclic) bond motifs is 1. The van der Waals surface area contributed by atoms with Gasteiger partial charge in [-0.25, -0.2) is 14.5 Å². The summed E-state index contributed by atoms with van der Waals surface area (Å²) < 4.78 is 2.92. The molecule has 9 nitrogen and oxygen atoms in total. The minimum Gasteiger partial charge on any atom is -0.370 e. The van der Waals surface area contributed by atoms with Gasteiger partial charge in [-0.1, -0.05) is 6.07 Å². The quantitative estimate of drug-likeness (QED) is 0.418. The predicted octanol–water partition coefficient (Wildman–Crippen LogP) is 1.61. The molecule has 9 heteroatoms. The Balaban J connectivity index is 1.59. The van der Waals surface area contributed by atoms with E-state index in [1.807, 2.05) is 6.07 Å². The molecule has 3 aromatic rings. The Labute approximate surface area is 136 Å². The van der Waals surface area contributed by atoms with Gasteiger partial charge < -0.3 is 5.32 Å². The van der Waals surface area contributed by atoms with Crippen molar-refractivity contribution in [1.82, 2.24) is 19.2 Å². The molecule has 0 fully saturated rings. The molecule has 0 aliphatic carbocycles. The van der Waals surface area contributed by atoms with Crippen molar-refractivity contribution in [3.8, 4) is 0 Å². The van der Waals surface area contributed by atoms with E-state index in [4.69, 9.17) is 0 Å². The first-order valence-corrected chi connectivity index (χ1v) is 7.45. The van der Waals surface area contributed by atoms with Crippen LogP contribution in [0.15, 0.2) is 41.5 Å². The van der Waals surface area contributed by atoms with Gasteiger partial charge in [0.2, 0.25) is 0 Å². The lowest BCUT2D eigenvalue weighted by atomic mass is 10.2. The van der Waals surface area contributed by atoms with Gasteiger partial charge in [0, 0.05) is 24.8 Å². The van der Waals surface area contributed by atoms with Crippen molar-refractivity contribution in [2.75, 3.05) is 11.9 Å². The molecule has 3 heterocycles. The molecule has 24 heavy (non-hydrogen) atoms. The number of hydrogen-bond acceptors (Lipinski definition) is 6. The van der Waals surface area contributed by atoms with Gasteiger partial charge in [-0.2, -0.15) is 0 Å². The lowest BCUT2D eigenvalue weighted by Crippen LogP contribution is -2.22. The Kier molecular flexibility index (Phi) is 4.23. The highest BCUT2D eigenvalue weighted by Crippen LogP contribution is 2.18. The average molecular weight is 328 g/mol. The normalized spacial score (nSPS) is 10.9. The largest absolute Gasteiger partial charge is 0.370 e. The number of nitrogens with zero attached hydrogens (tertiary/aromatic N) is 5.